The number of hydrogen-bond donors (Lipinski definition) is 1. The Kier molecular flexibility index (Phi) is 3.80. The van der Waals surface area contributed by atoms with E-state index in [0.29, 0.717) is 16.0 Å². The minimum atomic E-state index is -0.649. The minimum absolute atomic E-state index is 0.131. The third kappa shape index (κ3) is 2.67. The summed E-state index contributed by atoms with van der Waals surface area (Å²) in [6, 6.07) is 2.41. The van der Waals surface area contributed by atoms with Crippen molar-refractivity contribution < 1.29 is 8.78 Å². The molecule has 17 heavy (non-hydrogen) atoms. The molecule has 0 aliphatic carbocycles. The summed E-state index contributed by atoms with van der Waals surface area (Å²) in [4.78, 5) is 0. The Labute approximate surface area is 109 Å². The number of nitrogens with zero attached hydrogens (tertiary/aromatic N) is 2. The van der Waals surface area contributed by atoms with Crippen LogP contribution in [0.1, 0.15) is 5.01 Å². The van der Waals surface area contributed by atoms with Gasteiger partial charge in [0.2, 0.25) is 0 Å². The van der Waals surface area contributed by atoms with Crippen LogP contribution >= 0.6 is 27.3 Å². The number of nitrogens with one attached hydrogen (secondary N) is 1. The molecule has 1 aromatic heterocycles. The van der Waals surface area contributed by atoms with Gasteiger partial charge in [-0.1, -0.05) is 27.3 Å². The zero-order valence-corrected chi connectivity index (χ0v) is 11.2. The van der Waals surface area contributed by atoms with Gasteiger partial charge in [-0.05, 0) is 19.2 Å². The number of hydrogen-bond acceptors (Lipinski definition) is 4. The molecule has 1 heterocycles. The first-order valence-electron chi connectivity index (χ1n) is 4.73. The van der Waals surface area contributed by atoms with Crippen LogP contribution < -0.4 is 5.32 Å². The van der Waals surface area contributed by atoms with Crippen molar-refractivity contribution in [3.8, 4) is 10.6 Å². The van der Waals surface area contributed by atoms with E-state index in [2.05, 4.69) is 31.4 Å². The van der Waals surface area contributed by atoms with Crippen molar-refractivity contribution in [2.24, 2.45) is 0 Å². The molecule has 2 aromatic rings. The van der Waals surface area contributed by atoms with E-state index in [4.69, 9.17) is 0 Å². The van der Waals surface area contributed by atoms with Crippen molar-refractivity contribution in [3.63, 3.8) is 0 Å². The highest BCUT2D eigenvalue weighted by Crippen LogP contribution is 2.30. The van der Waals surface area contributed by atoms with E-state index < -0.39 is 11.6 Å². The number of aromatic nitrogens is 2. The van der Waals surface area contributed by atoms with Crippen LogP contribution in [0.15, 0.2) is 16.6 Å². The van der Waals surface area contributed by atoms with E-state index in [1.165, 1.54) is 12.1 Å². The van der Waals surface area contributed by atoms with Gasteiger partial charge in [0.05, 0.1) is 5.56 Å². The average molecular weight is 320 g/mol. The highest BCUT2D eigenvalue weighted by atomic mass is 79.9. The fourth-order valence-electron chi connectivity index (χ4n) is 1.32. The molecule has 0 radical (unpaired) electrons. The van der Waals surface area contributed by atoms with E-state index in [-0.39, 0.29) is 10.6 Å². The predicted octanol–water partition coefficient (Wildman–Crippen LogP) is 2.97. The lowest BCUT2D eigenvalue weighted by molar-refractivity contribution is 0.587. The van der Waals surface area contributed by atoms with Gasteiger partial charge >= 0.3 is 0 Å². The molecule has 2 rings (SSSR count). The van der Waals surface area contributed by atoms with Crippen molar-refractivity contribution in [1.82, 2.24) is 15.5 Å². The summed E-state index contributed by atoms with van der Waals surface area (Å²) in [5, 5.41) is 11.5. The van der Waals surface area contributed by atoms with Gasteiger partial charge in [-0.2, -0.15) is 0 Å². The average Bonchev–Trinajstić information content (AvgIpc) is 2.65. The summed E-state index contributed by atoms with van der Waals surface area (Å²) in [5.41, 5.74) is -0.131. The maximum absolute atomic E-state index is 13.6. The fourth-order valence-corrected chi connectivity index (χ4v) is 2.63. The predicted molar refractivity (Wildman–Crippen MR) is 65.7 cm³/mol. The largest absolute Gasteiger partial charge is 0.313 e. The van der Waals surface area contributed by atoms with Gasteiger partial charge in [0, 0.05) is 11.0 Å². The van der Waals surface area contributed by atoms with Crippen LogP contribution in [-0.4, -0.2) is 17.2 Å². The smallest absolute Gasteiger partial charge is 0.153 e. The van der Waals surface area contributed by atoms with Crippen molar-refractivity contribution in [2.45, 2.75) is 6.54 Å². The molecular weight excluding hydrogens is 312 g/mol. The maximum atomic E-state index is 13.6. The zero-order valence-electron chi connectivity index (χ0n) is 8.80. The Morgan fingerprint density at radius 1 is 1.29 bits per heavy atom. The third-order valence-corrected chi connectivity index (χ3v) is 3.41. The van der Waals surface area contributed by atoms with Gasteiger partial charge in [-0.3, -0.25) is 0 Å². The van der Waals surface area contributed by atoms with Crippen LogP contribution in [0.3, 0.4) is 0 Å². The van der Waals surface area contributed by atoms with Gasteiger partial charge in [0.1, 0.15) is 16.6 Å². The van der Waals surface area contributed by atoms with E-state index >= 15 is 0 Å². The van der Waals surface area contributed by atoms with Crippen LogP contribution in [0.25, 0.3) is 10.6 Å². The Balaban J connectivity index is 2.45. The molecule has 0 saturated carbocycles. The summed E-state index contributed by atoms with van der Waals surface area (Å²) in [6.07, 6.45) is 0. The second-order valence-corrected chi connectivity index (χ2v) is 5.25. The van der Waals surface area contributed by atoms with Crippen molar-refractivity contribution in [2.75, 3.05) is 7.05 Å². The van der Waals surface area contributed by atoms with Gasteiger partial charge in [-0.25, -0.2) is 8.78 Å². The standard InChI is InChI=1S/C10H8BrF2N3S/c1-14-4-8-15-16-10(17-8)9-6(12)2-5(11)3-7(9)13/h2-3,14H,4H2,1H3. The summed E-state index contributed by atoms with van der Waals surface area (Å²) in [7, 11) is 1.77. The van der Waals surface area contributed by atoms with Gasteiger partial charge in [-0.15, -0.1) is 10.2 Å². The lowest BCUT2D eigenvalue weighted by Crippen LogP contribution is -2.04. The zero-order chi connectivity index (χ0) is 12.4. The van der Waals surface area contributed by atoms with E-state index in [1.54, 1.807) is 7.05 Å². The lowest BCUT2D eigenvalue weighted by Gasteiger charge is -2.01. The topological polar surface area (TPSA) is 37.8 Å². The van der Waals surface area contributed by atoms with Crippen molar-refractivity contribution in [1.29, 1.82) is 0 Å². The van der Waals surface area contributed by atoms with E-state index in [9.17, 15) is 8.78 Å². The normalized spacial score (nSPS) is 10.8. The fraction of sp³-hybridized carbons (Fsp3) is 0.200. The molecule has 0 atom stereocenters. The molecule has 0 amide bonds. The molecule has 7 heteroatoms. The molecule has 0 bridgehead atoms. The molecular formula is C10H8BrF2N3S. The second-order valence-electron chi connectivity index (χ2n) is 3.28. The molecule has 0 unspecified atom stereocenters. The SMILES string of the molecule is CNCc1nnc(-c2c(F)cc(Br)cc2F)s1. The van der Waals surface area contributed by atoms with Crippen molar-refractivity contribution >= 4 is 27.3 Å². The minimum Gasteiger partial charge on any atom is -0.313 e. The Morgan fingerprint density at radius 2 is 1.94 bits per heavy atom. The molecule has 0 aliphatic rings. The van der Waals surface area contributed by atoms with Gasteiger partial charge < -0.3 is 5.32 Å². The lowest BCUT2D eigenvalue weighted by atomic mass is 10.2. The Morgan fingerprint density at radius 3 is 2.53 bits per heavy atom. The molecule has 3 nitrogen and oxygen atoms in total. The Bertz CT molecular complexity index is 521. The van der Waals surface area contributed by atoms with E-state index in [0.717, 1.165) is 11.3 Å². The molecule has 1 aromatic carbocycles. The summed E-state index contributed by atoms with van der Waals surface area (Å²) in [5.74, 6) is -1.30. The number of benzene rings is 1. The molecule has 0 aliphatic heterocycles. The van der Waals surface area contributed by atoms with Crippen LogP contribution in [-0.2, 0) is 6.54 Å². The highest BCUT2D eigenvalue weighted by Gasteiger charge is 2.17. The summed E-state index contributed by atoms with van der Waals surface area (Å²) >= 11 is 4.19. The third-order valence-electron chi connectivity index (χ3n) is 2.02. The molecule has 0 spiro atoms. The first-order chi connectivity index (χ1) is 8.11. The Hall–Kier alpha value is -0.920. The number of rotatable bonds is 3. The molecule has 90 valence electrons. The van der Waals surface area contributed by atoms with Gasteiger partial charge in [0.15, 0.2) is 5.01 Å². The molecule has 0 saturated heterocycles. The van der Waals surface area contributed by atoms with E-state index in [1.807, 2.05) is 0 Å². The van der Waals surface area contributed by atoms with Crippen LogP contribution in [0, 0.1) is 11.6 Å². The van der Waals surface area contributed by atoms with Gasteiger partial charge in [0.25, 0.3) is 0 Å². The van der Waals surface area contributed by atoms with Crippen LogP contribution in [0.4, 0.5) is 8.78 Å². The van der Waals surface area contributed by atoms with Crippen LogP contribution in [0.2, 0.25) is 0 Å². The van der Waals surface area contributed by atoms with Crippen molar-refractivity contribution in [3.05, 3.63) is 33.2 Å². The molecule has 0 fully saturated rings. The highest BCUT2D eigenvalue weighted by molar-refractivity contribution is 9.10. The maximum Gasteiger partial charge on any atom is 0.153 e. The number of halogens is 3. The quantitative estimate of drug-likeness (QED) is 0.945. The summed E-state index contributed by atoms with van der Waals surface area (Å²) in [6.45, 7) is 0.525. The van der Waals surface area contributed by atoms with Crippen LogP contribution in [0.5, 0.6) is 0 Å². The monoisotopic (exact) mass is 319 g/mol. The first kappa shape index (κ1) is 12.5. The summed E-state index contributed by atoms with van der Waals surface area (Å²) < 4.78 is 27.6. The first-order valence-corrected chi connectivity index (χ1v) is 6.34. The molecule has 1 N–H and O–H groups in total. The second kappa shape index (κ2) is 5.16.